The van der Waals surface area contributed by atoms with Gasteiger partial charge >= 0.3 is 5.97 Å². The molecular weight excluding hydrogens is 160 g/mol. The molecule has 0 aromatic rings. The van der Waals surface area contributed by atoms with Gasteiger partial charge in [0.25, 0.3) is 0 Å². The number of methoxy groups -OCH3 is 1. The van der Waals surface area contributed by atoms with Crippen LogP contribution >= 0.6 is 11.8 Å². The lowest BCUT2D eigenvalue weighted by Crippen LogP contribution is -1.93. The zero-order chi connectivity index (χ0) is 8.10. The first-order valence-corrected chi connectivity index (χ1v) is 4.28. The van der Waals surface area contributed by atoms with Crippen LogP contribution in [0.15, 0.2) is 23.8 Å². The minimum Gasteiger partial charge on any atom is -0.466 e. The SMILES string of the molecule is COC(=O)/C=C/C1=C[CH]SC1. The molecule has 0 aromatic carbocycles. The Kier molecular flexibility index (Phi) is 3.23. The minimum atomic E-state index is -0.303. The molecule has 0 unspecified atom stereocenters. The first kappa shape index (κ1) is 8.40. The summed E-state index contributed by atoms with van der Waals surface area (Å²) in [5, 5.41) is 0. The molecule has 0 bridgehead atoms. The molecule has 1 aliphatic heterocycles. The van der Waals surface area contributed by atoms with Crippen LogP contribution in [0.1, 0.15) is 0 Å². The molecule has 1 radical (unpaired) electrons. The molecule has 3 heteroatoms. The number of thioether (sulfide) groups is 1. The summed E-state index contributed by atoms with van der Waals surface area (Å²) in [7, 11) is 1.37. The zero-order valence-electron chi connectivity index (χ0n) is 6.24. The zero-order valence-corrected chi connectivity index (χ0v) is 7.06. The monoisotopic (exact) mass is 169 g/mol. The molecule has 0 N–H and O–H groups in total. The third-order valence-corrected chi connectivity index (χ3v) is 2.09. The van der Waals surface area contributed by atoms with E-state index in [1.165, 1.54) is 13.2 Å². The van der Waals surface area contributed by atoms with Crippen molar-refractivity contribution in [3.8, 4) is 0 Å². The highest BCUT2D eigenvalue weighted by Gasteiger charge is 2.01. The second-order valence-electron chi connectivity index (χ2n) is 2.05. The molecule has 1 heterocycles. The van der Waals surface area contributed by atoms with Crippen molar-refractivity contribution >= 4 is 17.7 Å². The number of allylic oxidation sites excluding steroid dienone is 1. The van der Waals surface area contributed by atoms with Crippen molar-refractivity contribution in [2.24, 2.45) is 0 Å². The van der Waals surface area contributed by atoms with Gasteiger partial charge in [0.05, 0.1) is 7.11 Å². The van der Waals surface area contributed by atoms with Crippen molar-refractivity contribution < 1.29 is 9.53 Å². The maximum atomic E-state index is 10.6. The highest BCUT2D eigenvalue weighted by molar-refractivity contribution is 8.01. The minimum absolute atomic E-state index is 0.303. The van der Waals surface area contributed by atoms with Gasteiger partial charge < -0.3 is 4.74 Å². The topological polar surface area (TPSA) is 26.3 Å². The number of hydrogen-bond donors (Lipinski definition) is 0. The van der Waals surface area contributed by atoms with E-state index in [-0.39, 0.29) is 5.97 Å². The Morgan fingerprint density at radius 3 is 3.18 bits per heavy atom. The van der Waals surface area contributed by atoms with E-state index >= 15 is 0 Å². The smallest absolute Gasteiger partial charge is 0.330 e. The summed E-state index contributed by atoms with van der Waals surface area (Å²) in [6.45, 7) is 0. The van der Waals surface area contributed by atoms with E-state index in [1.807, 2.05) is 11.8 Å². The van der Waals surface area contributed by atoms with E-state index in [0.29, 0.717) is 0 Å². The fraction of sp³-hybridized carbons (Fsp3) is 0.250. The maximum Gasteiger partial charge on any atom is 0.330 e. The number of ether oxygens (including phenoxy) is 1. The summed E-state index contributed by atoms with van der Waals surface area (Å²) in [6.07, 6.45) is 5.21. The van der Waals surface area contributed by atoms with Crippen molar-refractivity contribution in [3.63, 3.8) is 0 Å². The lowest BCUT2D eigenvalue weighted by Gasteiger charge is -1.90. The maximum absolute atomic E-state index is 10.6. The van der Waals surface area contributed by atoms with Crippen LogP contribution in [-0.4, -0.2) is 18.8 Å². The second kappa shape index (κ2) is 4.23. The van der Waals surface area contributed by atoms with Gasteiger partial charge in [-0.1, -0.05) is 12.2 Å². The Morgan fingerprint density at radius 1 is 1.82 bits per heavy atom. The van der Waals surface area contributed by atoms with E-state index in [1.54, 1.807) is 17.8 Å². The summed E-state index contributed by atoms with van der Waals surface area (Å²) < 4.78 is 4.44. The normalized spacial score (nSPS) is 17.0. The fourth-order valence-corrected chi connectivity index (χ4v) is 1.43. The van der Waals surface area contributed by atoms with Crippen LogP contribution in [0.2, 0.25) is 0 Å². The van der Waals surface area contributed by atoms with Gasteiger partial charge in [0.15, 0.2) is 0 Å². The first-order valence-electron chi connectivity index (χ1n) is 3.23. The predicted molar refractivity (Wildman–Crippen MR) is 46.0 cm³/mol. The number of carbonyl (C=O) groups is 1. The van der Waals surface area contributed by atoms with Crippen LogP contribution in [0.5, 0.6) is 0 Å². The average Bonchev–Trinajstić information content (AvgIpc) is 2.52. The highest BCUT2D eigenvalue weighted by atomic mass is 32.2. The predicted octanol–water partition coefficient (Wildman–Crippen LogP) is 1.55. The lowest BCUT2D eigenvalue weighted by molar-refractivity contribution is -0.134. The Labute approximate surface area is 70.3 Å². The Morgan fingerprint density at radius 2 is 2.64 bits per heavy atom. The Hall–Kier alpha value is -0.700. The molecular formula is C8H9O2S. The van der Waals surface area contributed by atoms with E-state index in [9.17, 15) is 4.79 Å². The summed E-state index contributed by atoms with van der Waals surface area (Å²) in [4.78, 5) is 10.6. The number of carbonyl (C=O) groups excluding carboxylic acids is 1. The van der Waals surface area contributed by atoms with Gasteiger partial charge in [0, 0.05) is 17.6 Å². The molecule has 0 aromatic heterocycles. The quantitative estimate of drug-likeness (QED) is 0.463. The Bertz CT molecular complexity index is 206. The van der Waals surface area contributed by atoms with Crippen LogP contribution in [0.4, 0.5) is 0 Å². The summed E-state index contributed by atoms with van der Waals surface area (Å²) in [6, 6.07) is 0. The molecule has 0 spiro atoms. The molecule has 0 aliphatic carbocycles. The highest BCUT2D eigenvalue weighted by Crippen LogP contribution is 2.21. The van der Waals surface area contributed by atoms with Crippen LogP contribution in [0, 0.1) is 5.75 Å². The molecule has 2 nitrogen and oxygen atoms in total. The molecule has 0 amide bonds. The summed E-state index contributed by atoms with van der Waals surface area (Å²) in [5.74, 6) is 2.66. The molecule has 1 aliphatic rings. The van der Waals surface area contributed by atoms with Gasteiger partial charge in [0.1, 0.15) is 0 Å². The van der Waals surface area contributed by atoms with Crippen molar-refractivity contribution in [1.82, 2.24) is 0 Å². The molecule has 0 saturated carbocycles. The van der Waals surface area contributed by atoms with Gasteiger partial charge in [-0.2, -0.15) is 0 Å². The average molecular weight is 169 g/mol. The van der Waals surface area contributed by atoms with Crippen molar-refractivity contribution in [2.45, 2.75) is 0 Å². The number of rotatable bonds is 2. The van der Waals surface area contributed by atoms with Gasteiger partial charge in [0.2, 0.25) is 0 Å². The van der Waals surface area contributed by atoms with E-state index in [4.69, 9.17) is 0 Å². The first-order chi connectivity index (χ1) is 5.33. The largest absolute Gasteiger partial charge is 0.466 e. The van der Waals surface area contributed by atoms with Crippen molar-refractivity contribution in [3.05, 3.63) is 29.6 Å². The molecule has 11 heavy (non-hydrogen) atoms. The lowest BCUT2D eigenvalue weighted by atomic mass is 10.3. The van der Waals surface area contributed by atoms with Crippen LogP contribution in [0.25, 0.3) is 0 Å². The second-order valence-corrected chi connectivity index (χ2v) is 2.94. The standard InChI is InChI=1S/C8H9O2S/c1-10-8(9)3-2-7-4-5-11-6-7/h2-5H,6H2,1H3/b3-2+. The van der Waals surface area contributed by atoms with Gasteiger partial charge in [-0.05, 0) is 5.57 Å². The van der Waals surface area contributed by atoms with E-state index in [2.05, 4.69) is 4.74 Å². The van der Waals surface area contributed by atoms with E-state index in [0.717, 1.165) is 11.3 Å². The number of hydrogen-bond acceptors (Lipinski definition) is 3. The molecule has 59 valence electrons. The summed E-state index contributed by atoms with van der Waals surface area (Å²) >= 11 is 1.72. The Balaban J connectivity index is 2.40. The third kappa shape index (κ3) is 2.80. The number of esters is 1. The van der Waals surface area contributed by atoms with Crippen molar-refractivity contribution in [1.29, 1.82) is 0 Å². The van der Waals surface area contributed by atoms with Crippen LogP contribution in [0.3, 0.4) is 0 Å². The van der Waals surface area contributed by atoms with E-state index < -0.39 is 0 Å². The van der Waals surface area contributed by atoms with Crippen molar-refractivity contribution in [2.75, 3.05) is 12.9 Å². The van der Waals surface area contributed by atoms with Gasteiger partial charge in [-0.15, -0.1) is 11.8 Å². The molecule has 0 atom stereocenters. The molecule has 0 saturated heterocycles. The van der Waals surface area contributed by atoms with Crippen LogP contribution < -0.4 is 0 Å². The molecule has 1 rings (SSSR count). The third-order valence-electron chi connectivity index (χ3n) is 1.26. The van der Waals surface area contributed by atoms with Gasteiger partial charge in [-0.3, -0.25) is 0 Å². The summed E-state index contributed by atoms with van der Waals surface area (Å²) in [5.41, 5.74) is 1.15. The van der Waals surface area contributed by atoms with Gasteiger partial charge in [-0.25, -0.2) is 4.79 Å². The van der Waals surface area contributed by atoms with Crippen LogP contribution in [-0.2, 0) is 9.53 Å². The molecule has 0 fully saturated rings. The fourth-order valence-electron chi connectivity index (χ4n) is 0.675.